The van der Waals surface area contributed by atoms with Crippen LogP contribution in [0.4, 0.5) is 5.82 Å². The largest absolute Gasteiger partial charge is 0.480 e. The van der Waals surface area contributed by atoms with Crippen LogP contribution in [-0.2, 0) is 4.79 Å². The minimum atomic E-state index is -0.807. The number of hydrogen-bond donors (Lipinski definition) is 2. The van der Waals surface area contributed by atoms with E-state index in [1.54, 1.807) is 6.92 Å². The van der Waals surface area contributed by atoms with Gasteiger partial charge in [0, 0.05) is 32.2 Å². The van der Waals surface area contributed by atoms with Crippen LogP contribution < -0.4 is 10.5 Å². The summed E-state index contributed by atoms with van der Waals surface area (Å²) in [6.45, 7) is 4.70. The highest BCUT2D eigenvalue weighted by atomic mass is 16.4. The molecule has 0 radical (unpaired) electrons. The van der Waals surface area contributed by atoms with Crippen molar-refractivity contribution in [3.63, 3.8) is 0 Å². The van der Waals surface area contributed by atoms with Crippen LogP contribution in [0.5, 0.6) is 0 Å². The Hall–Kier alpha value is -1.89. The second kappa shape index (κ2) is 5.83. The Morgan fingerprint density at radius 1 is 1.42 bits per heavy atom. The van der Waals surface area contributed by atoms with Gasteiger partial charge in [-0.05, 0) is 13.3 Å². The van der Waals surface area contributed by atoms with Crippen LogP contribution in [0.2, 0.25) is 0 Å². The molecule has 7 nitrogen and oxygen atoms in total. The van der Waals surface area contributed by atoms with Crippen molar-refractivity contribution >= 4 is 11.8 Å². The maximum Gasteiger partial charge on any atom is 0.317 e. The number of H-pyrrole nitrogens is 1. The van der Waals surface area contributed by atoms with Gasteiger partial charge in [0.15, 0.2) is 0 Å². The predicted molar refractivity (Wildman–Crippen MR) is 70.5 cm³/mol. The average Bonchev–Trinajstić information content (AvgIpc) is 2.52. The summed E-state index contributed by atoms with van der Waals surface area (Å²) in [7, 11) is 0. The van der Waals surface area contributed by atoms with Gasteiger partial charge < -0.3 is 15.0 Å². The van der Waals surface area contributed by atoms with E-state index in [4.69, 9.17) is 5.11 Å². The summed E-state index contributed by atoms with van der Waals surface area (Å²) in [6.07, 6.45) is 0.862. The number of aliphatic carboxylic acids is 1. The SMILES string of the molecule is Cc1nc(N2CCCN(CC(=O)O)CC2)cc(=O)[nH]1. The van der Waals surface area contributed by atoms with Gasteiger partial charge in [-0.15, -0.1) is 0 Å². The zero-order chi connectivity index (χ0) is 13.8. The third kappa shape index (κ3) is 3.78. The zero-order valence-corrected chi connectivity index (χ0v) is 10.9. The lowest BCUT2D eigenvalue weighted by molar-refractivity contribution is -0.138. The molecule has 1 aromatic heterocycles. The van der Waals surface area contributed by atoms with Crippen molar-refractivity contribution in [1.29, 1.82) is 0 Å². The number of nitrogens with one attached hydrogen (secondary N) is 1. The molecular formula is C12H18N4O3. The number of rotatable bonds is 3. The Morgan fingerprint density at radius 2 is 2.21 bits per heavy atom. The second-order valence-electron chi connectivity index (χ2n) is 4.70. The molecule has 1 saturated heterocycles. The van der Waals surface area contributed by atoms with Crippen molar-refractivity contribution < 1.29 is 9.90 Å². The van der Waals surface area contributed by atoms with Crippen LogP contribution in [-0.4, -0.2) is 58.7 Å². The number of aromatic nitrogens is 2. The average molecular weight is 266 g/mol. The van der Waals surface area contributed by atoms with Gasteiger partial charge >= 0.3 is 5.97 Å². The van der Waals surface area contributed by atoms with E-state index in [2.05, 4.69) is 9.97 Å². The van der Waals surface area contributed by atoms with E-state index in [0.29, 0.717) is 24.7 Å². The first-order chi connectivity index (χ1) is 9.04. The number of hydrogen-bond acceptors (Lipinski definition) is 5. The van der Waals surface area contributed by atoms with Crippen molar-refractivity contribution in [2.24, 2.45) is 0 Å². The summed E-state index contributed by atoms with van der Waals surface area (Å²) < 4.78 is 0. The fraction of sp³-hybridized carbons (Fsp3) is 0.583. The Labute approximate surface area is 110 Å². The van der Waals surface area contributed by atoms with E-state index >= 15 is 0 Å². The second-order valence-corrected chi connectivity index (χ2v) is 4.70. The van der Waals surface area contributed by atoms with Crippen LogP contribution in [0.15, 0.2) is 10.9 Å². The van der Waals surface area contributed by atoms with Crippen molar-refractivity contribution in [2.75, 3.05) is 37.6 Å². The van der Waals surface area contributed by atoms with Crippen LogP contribution in [0.3, 0.4) is 0 Å². The minimum Gasteiger partial charge on any atom is -0.480 e. The molecule has 1 aliphatic heterocycles. The first-order valence-electron chi connectivity index (χ1n) is 6.31. The van der Waals surface area contributed by atoms with Crippen LogP contribution >= 0.6 is 0 Å². The Kier molecular flexibility index (Phi) is 4.16. The summed E-state index contributed by atoms with van der Waals surface area (Å²) >= 11 is 0. The fourth-order valence-electron chi connectivity index (χ4n) is 2.28. The molecule has 1 fully saturated rings. The lowest BCUT2D eigenvalue weighted by Crippen LogP contribution is -2.34. The van der Waals surface area contributed by atoms with E-state index in [9.17, 15) is 9.59 Å². The van der Waals surface area contributed by atoms with Crippen LogP contribution in [0.25, 0.3) is 0 Å². The lowest BCUT2D eigenvalue weighted by Gasteiger charge is -2.22. The highest BCUT2D eigenvalue weighted by Crippen LogP contribution is 2.11. The van der Waals surface area contributed by atoms with Gasteiger partial charge in [-0.25, -0.2) is 4.98 Å². The minimum absolute atomic E-state index is 0.0651. The van der Waals surface area contributed by atoms with Crippen molar-refractivity contribution in [2.45, 2.75) is 13.3 Å². The molecule has 0 amide bonds. The van der Waals surface area contributed by atoms with E-state index in [-0.39, 0.29) is 12.1 Å². The molecule has 2 heterocycles. The van der Waals surface area contributed by atoms with Gasteiger partial charge in [-0.2, -0.15) is 0 Å². The number of anilines is 1. The van der Waals surface area contributed by atoms with E-state index < -0.39 is 5.97 Å². The Bertz CT molecular complexity index is 514. The van der Waals surface area contributed by atoms with Crippen molar-refractivity contribution in [3.8, 4) is 0 Å². The summed E-state index contributed by atoms with van der Waals surface area (Å²) in [4.78, 5) is 33.0. The van der Waals surface area contributed by atoms with Crippen LogP contribution in [0, 0.1) is 6.92 Å². The highest BCUT2D eigenvalue weighted by Gasteiger charge is 2.18. The lowest BCUT2D eigenvalue weighted by atomic mass is 10.3. The van der Waals surface area contributed by atoms with Crippen molar-refractivity contribution in [1.82, 2.24) is 14.9 Å². The maximum atomic E-state index is 11.4. The third-order valence-electron chi connectivity index (χ3n) is 3.12. The van der Waals surface area contributed by atoms with Crippen molar-refractivity contribution in [3.05, 3.63) is 22.2 Å². The van der Waals surface area contributed by atoms with Gasteiger partial charge in [0.1, 0.15) is 11.6 Å². The number of carboxylic acid groups (broad SMARTS) is 1. The normalized spacial score (nSPS) is 17.2. The van der Waals surface area contributed by atoms with Gasteiger partial charge in [-0.1, -0.05) is 0 Å². The van der Waals surface area contributed by atoms with Gasteiger partial charge in [0.05, 0.1) is 6.54 Å². The molecule has 2 N–H and O–H groups in total. The first-order valence-corrected chi connectivity index (χ1v) is 6.31. The zero-order valence-electron chi connectivity index (χ0n) is 10.9. The molecule has 104 valence electrons. The maximum absolute atomic E-state index is 11.4. The molecule has 0 aliphatic carbocycles. The first kappa shape index (κ1) is 13.5. The van der Waals surface area contributed by atoms with Gasteiger partial charge in [0.2, 0.25) is 0 Å². The third-order valence-corrected chi connectivity index (χ3v) is 3.12. The van der Waals surface area contributed by atoms with Crippen LogP contribution in [0.1, 0.15) is 12.2 Å². The molecule has 0 spiro atoms. The molecule has 0 aromatic carbocycles. The molecule has 0 unspecified atom stereocenters. The molecule has 0 atom stereocenters. The summed E-state index contributed by atoms with van der Waals surface area (Å²) in [5.41, 5.74) is -0.158. The van der Waals surface area contributed by atoms with E-state index in [0.717, 1.165) is 19.5 Å². The Morgan fingerprint density at radius 3 is 2.89 bits per heavy atom. The molecule has 0 bridgehead atoms. The molecule has 1 aromatic rings. The quantitative estimate of drug-likeness (QED) is 0.779. The highest BCUT2D eigenvalue weighted by molar-refractivity contribution is 5.69. The molecule has 7 heteroatoms. The van der Waals surface area contributed by atoms with E-state index in [1.807, 2.05) is 9.80 Å². The number of carboxylic acids is 1. The number of aromatic amines is 1. The Balaban J connectivity index is 2.06. The summed E-state index contributed by atoms with van der Waals surface area (Å²) in [6, 6.07) is 1.49. The standard InChI is InChI=1S/C12H18N4O3/c1-9-13-10(7-11(17)14-9)16-4-2-3-15(5-6-16)8-12(18)19/h7H,2-6,8H2,1H3,(H,18,19)(H,13,14,17). The number of nitrogens with zero attached hydrogens (tertiary/aromatic N) is 3. The smallest absolute Gasteiger partial charge is 0.317 e. The van der Waals surface area contributed by atoms with E-state index in [1.165, 1.54) is 6.07 Å². The molecule has 0 saturated carbocycles. The summed E-state index contributed by atoms with van der Waals surface area (Å²) in [5, 5.41) is 8.80. The topological polar surface area (TPSA) is 89.5 Å². The number of carbonyl (C=O) groups is 1. The summed E-state index contributed by atoms with van der Waals surface area (Å²) in [5.74, 6) is 0.450. The number of aryl methyl sites for hydroxylation is 1. The molecule has 19 heavy (non-hydrogen) atoms. The molecular weight excluding hydrogens is 248 g/mol. The fourth-order valence-corrected chi connectivity index (χ4v) is 2.28. The monoisotopic (exact) mass is 266 g/mol. The van der Waals surface area contributed by atoms with Gasteiger partial charge in [0.25, 0.3) is 5.56 Å². The predicted octanol–water partition coefficient (Wildman–Crippen LogP) is -0.325. The molecule has 1 aliphatic rings. The molecule has 2 rings (SSSR count). The van der Waals surface area contributed by atoms with Gasteiger partial charge in [-0.3, -0.25) is 14.5 Å².